The number of piperazine rings is 1. The van der Waals surface area contributed by atoms with Crippen molar-refractivity contribution >= 4 is 17.5 Å². The number of anilines is 1. The van der Waals surface area contributed by atoms with Crippen LogP contribution in [0.2, 0.25) is 0 Å². The molecular weight excluding hydrogens is 332 g/mol. The molecule has 3 rings (SSSR count). The number of quaternary nitrogens is 1. The van der Waals surface area contributed by atoms with Crippen LogP contribution in [0.4, 0.5) is 5.69 Å². The summed E-state index contributed by atoms with van der Waals surface area (Å²) in [4.78, 5) is 27.7. The minimum Gasteiger partial charge on any atom is -0.459 e. The number of furan rings is 1. The fraction of sp³-hybridized carbons (Fsp3) is 0.316. The zero-order valence-corrected chi connectivity index (χ0v) is 14.6. The van der Waals surface area contributed by atoms with Gasteiger partial charge in [0.1, 0.15) is 0 Å². The van der Waals surface area contributed by atoms with E-state index in [1.54, 1.807) is 41.3 Å². The SMILES string of the molecule is C[C@H](C(=O)Nc1cccc(C#N)c1)[NH+]1CCN(C(=O)c2ccco2)CC1. The van der Waals surface area contributed by atoms with Gasteiger partial charge in [-0.2, -0.15) is 5.26 Å². The van der Waals surface area contributed by atoms with Crippen molar-refractivity contribution in [1.29, 1.82) is 5.26 Å². The van der Waals surface area contributed by atoms with Crippen LogP contribution < -0.4 is 10.2 Å². The van der Waals surface area contributed by atoms with Crippen LogP contribution in [0.1, 0.15) is 23.0 Å². The molecular formula is C19H21N4O3+. The molecule has 2 aromatic rings. The molecule has 0 aliphatic carbocycles. The normalized spacial score (nSPS) is 15.9. The van der Waals surface area contributed by atoms with E-state index in [0.29, 0.717) is 43.2 Å². The Labute approximate surface area is 151 Å². The highest BCUT2D eigenvalue weighted by atomic mass is 16.3. The lowest BCUT2D eigenvalue weighted by molar-refractivity contribution is -0.917. The van der Waals surface area contributed by atoms with Crippen LogP contribution in [0.15, 0.2) is 47.1 Å². The van der Waals surface area contributed by atoms with Crippen molar-refractivity contribution in [1.82, 2.24) is 4.90 Å². The van der Waals surface area contributed by atoms with E-state index in [0.717, 1.165) is 4.90 Å². The van der Waals surface area contributed by atoms with Gasteiger partial charge in [0.05, 0.1) is 44.1 Å². The summed E-state index contributed by atoms with van der Waals surface area (Å²) in [5, 5.41) is 11.8. The summed E-state index contributed by atoms with van der Waals surface area (Å²) < 4.78 is 5.16. The zero-order chi connectivity index (χ0) is 18.5. The van der Waals surface area contributed by atoms with Crippen LogP contribution in [0.5, 0.6) is 0 Å². The van der Waals surface area contributed by atoms with E-state index in [2.05, 4.69) is 11.4 Å². The summed E-state index contributed by atoms with van der Waals surface area (Å²) in [6.07, 6.45) is 1.49. The van der Waals surface area contributed by atoms with Gasteiger partial charge in [0.15, 0.2) is 11.8 Å². The number of nitriles is 1. The number of hydrogen-bond acceptors (Lipinski definition) is 4. The Morgan fingerprint density at radius 3 is 2.69 bits per heavy atom. The number of amides is 2. The topological polar surface area (TPSA) is 90.8 Å². The van der Waals surface area contributed by atoms with Gasteiger partial charge in [0.25, 0.3) is 11.8 Å². The van der Waals surface area contributed by atoms with Gasteiger partial charge in [-0.1, -0.05) is 6.07 Å². The first kappa shape index (κ1) is 17.7. The minimum absolute atomic E-state index is 0.0964. The predicted octanol–water partition coefficient (Wildman–Crippen LogP) is 0.519. The van der Waals surface area contributed by atoms with Gasteiger partial charge in [-0.3, -0.25) is 9.59 Å². The average Bonchev–Trinajstić information content (AvgIpc) is 3.22. The number of rotatable bonds is 4. The number of nitrogens with zero attached hydrogens (tertiary/aromatic N) is 2. The van der Waals surface area contributed by atoms with Crippen LogP contribution in [-0.4, -0.2) is 48.9 Å². The molecule has 7 heteroatoms. The lowest BCUT2D eigenvalue weighted by Crippen LogP contribution is -3.19. The Morgan fingerprint density at radius 1 is 1.27 bits per heavy atom. The number of benzene rings is 1. The Morgan fingerprint density at radius 2 is 2.04 bits per heavy atom. The van der Waals surface area contributed by atoms with E-state index in [-0.39, 0.29) is 17.9 Å². The molecule has 0 unspecified atom stereocenters. The third kappa shape index (κ3) is 3.92. The molecule has 1 aromatic carbocycles. The first-order valence-electron chi connectivity index (χ1n) is 8.57. The van der Waals surface area contributed by atoms with E-state index in [4.69, 9.17) is 9.68 Å². The van der Waals surface area contributed by atoms with Crippen molar-refractivity contribution in [3.8, 4) is 6.07 Å². The highest BCUT2D eigenvalue weighted by Crippen LogP contribution is 2.10. The lowest BCUT2D eigenvalue weighted by atomic mass is 10.2. The molecule has 7 nitrogen and oxygen atoms in total. The van der Waals surface area contributed by atoms with E-state index in [9.17, 15) is 9.59 Å². The van der Waals surface area contributed by atoms with Crippen molar-refractivity contribution < 1.29 is 18.9 Å². The Kier molecular flexibility index (Phi) is 5.34. The molecule has 2 N–H and O–H groups in total. The minimum atomic E-state index is -0.249. The van der Waals surface area contributed by atoms with E-state index in [1.165, 1.54) is 6.26 Å². The third-order valence-corrected chi connectivity index (χ3v) is 4.69. The predicted molar refractivity (Wildman–Crippen MR) is 94.6 cm³/mol. The number of carbonyl (C=O) groups excluding carboxylic acids is 2. The van der Waals surface area contributed by atoms with E-state index >= 15 is 0 Å². The molecule has 134 valence electrons. The molecule has 1 fully saturated rings. The van der Waals surface area contributed by atoms with Gasteiger partial charge in [0.2, 0.25) is 0 Å². The Hall–Kier alpha value is -3.11. The molecule has 1 aliphatic rings. The third-order valence-electron chi connectivity index (χ3n) is 4.69. The first-order valence-corrected chi connectivity index (χ1v) is 8.57. The molecule has 1 atom stereocenters. The van der Waals surface area contributed by atoms with Crippen LogP contribution in [-0.2, 0) is 4.79 Å². The molecule has 0 spiro atoms. The number of hydrogen-bond donors (Lipinski definition) is 2. The summed E-state index contributed by atoms with van der Waals surface area (Å²) in [7, 11) is 0. The largest absolute Gasteiger partial charge is 0.459 e. The van der Waals surface area contributed by atoms with Crippen LogP contribution in [0.25, 0.3) is 0 Å². The van der Waals surface area contributed by atoms with E-state index < -0.39 is 0 Å². The quantitative estimate of drug-likeness (QED) is 0.838. The molecule has 0 radical (unpaired) electrons. The molecule has 2 heterocycles. The van der Waals surface area contributed by atoms with Gasteiger partial charge in [-0.05, 0) is 37.3 Å². The number of carbonyl (C=O) groups is 2. The maximum absolute atomic E-state index is 12.5. The van der Waals surface area contributed by atoms with Gasteiger partial charge >= 0.3 is 0 Å². The van der Waals surface area contributed by atoms with Crippen molar-refractivity contribution in [3.05, 3.63) is 54.0 Å². The summed E-state index contributed by atoms with van der Waals surface area (Å²) in [6, 6.07) is 12.0. The van der Waals surface area contributed by atoms with Gasteiger partial charge < -0.3 is 19.5 Å². The van der Waals surface area contributed by atoms with Crippen molar-refractivity contribution in [3.63, 3.8) is 0 Å². The Balaban J connectivity index is 1.54. The maximum Gasteiger partial charge on any atom is 0.289 e. The summed E-state index contributed by atoms with van der Waals surface area (Å²) in [5.74, 6) is 0.136. The molecule has 2 amide bonds. The van der Waals surface area contributed by atoms with Crippen LogP contribution in [0, 0.1) is 11.3 Å². The highest BCUT2D eigenvalue weighted by Gasteiger charge is 2.31. The smallest absolute Gasteiger partial charge is 0.289 e. The summed E-state index contributed by atoms with van der Waals surface area (Å²) in [5.41, 5.74) is 1.12. The number of nitrogens with one attached hydrogen (secondary N) is 2. The van der Waals surface area contributed by atoms with Gasteiger partial charge in [-0.15, -0.1) is 0 Å². The second kappa shape index (κ2) is 7.85. The molecule has 0 saturated carbocycles. The first-order chi connectivity index (χ1) is 12.6. The zero-order valence-electron chi connectivity index (χ0n) is 14.6. The van der Waals surface area contributed by atoms with Gasteiger partial charge in [0, 0.05) is 5.69 Å². The fourth-order valence-electron chi connectivity index (χ4n) is 3.09. The molecule has 1 aliphatic heterocycles. The monoisotopic (exact) mass is 353 g/mol. The maximum atomic E-state index is 12.5. The van der Waals surface area contributed by atoms with Crippen molar-refractivity contribution in [2.45, 2.75) is 13.0 Å². The molecule has 0 bridgehead atoms. The van der Waals surface area contributed by atoms with Crippen molar-refractivity contribution in [2.75, 3.05) is 31.5 Å². The lowest BCUT2D eigenvalue weighted by Gasteiger charge is -2.34. The summed E-state index contributed by atoms with van der Waals surface area (Å²) in [6.45, 7) is 4.42. The van der Waals surface area contributed by atoms with Crippen LogP contribution in [0.3, 0.4) is 0 Å². The van der Waals surface area contributed by atoms with E-state index in [1.807, 2.05) is 6.92 Å². The fourth-order valence-corrected chi connectivity index (χ4v) is 3.09. The molecule has 1 aromatic heterocycles. The Bertz CT molecular complexity index is 818. The second-order valence-electron chi connectivity index (χ2n) is 6.33. The standard InChI is InChI=1S/C19H20N4O3/c1-14(18(24)21-16-5-2-4-15(12-16)13-20)22-7-9-23(10-8-22)19(25)17-6-3-11-26-17/h2-6,11-12,14H,7-10H2,1H3,(H,21,24)/p+1/t14-/m1/s1. The van der Waals surface area contributed by atoms with Crippen LogP contribution >= 0.6 is 0 Å². The second-order valence-corrected chi connectivity index (χ2v) is 6.33. The van der Waals surface area contributed by atoms with Gasteiger partial charge in [-0.25, -0.2) is 0 Å². The molecule has 1 saturated heterocycles. The molecule has 26 heavy (non-hydrogen) atoms. The highest BCUT2D eigenvalue weighted by molar-refractivity contribution is 5.94. The average molecular weight is 353 g/mol. The van der Waals surface area contributed by atoms with Crippen molar-refractivity contribution in [2.24, 2.45) is 0 Å². The summed E-state index contributed by atoms with van der Waals surface area (Å²) >= 11 is 0.